The molecule has 0 aliphatic carbocycles. The van der Waals surface area contributed by atoms with Crippen LogP contribution in [-0.4, -0.2) is 24.7 Å². The van der Waals surface area contributed by atoms with E-state index in [2.05, 4.69) is 19.2 Å². The molecule has 1 fully saturated rings. The molecule has 0 amide bonds. The molecule has 0 spiro atoms. The number of hydrogen-bond donors (Lipinski definition) is 1. The van der Waals surface area contributed by atoms with Crippen molar-refractivity contribution in [1.29, 1.82) is 0 Å². The molecule has 3 heteroatoms. The van der Waals surface area contributed by atoms with Crippen molar-refractivity contribution in [1.82, 2.24) is 0 Å². The van der Waals surface area contributed by atoms with Crippen LogP contribution < -0.4 is 5.32 Å². The number of hydrogen-bond acceptors (Lipinski definition) is 2. The highest BCUT2D eigenvalue weighted by atomic mass is 16.6. The molecule has 1 rings (SSSR count). The van der Waals surface area contributed by atoms with Crippen LogP contribution in [0.1, 0.15) is 47.0 Å². The predicted octanol–water partition coefficient (Wildman–Crippen LogP) is 1.33. The second kappa shape index (κ2) is 5.67. The minimum absolute atomic E-state index is 0.0226. The molecular formula is C13H26NO2+. The molecule has 2 N–H and O–H groups in total. The molecule has 0 aromatic carbocycles. The molecule has 1 unspecified atom stereocenters. The van der Waals surface area contributed by atoms with E-state index in [0.29, 0.717) is 5.92 Å². The van der Waals surface area contributed by atoms with Crippen LogP contribution in [0.15, 0.2) is 0 Å². The van der Waals surface area contributed by atoms with E-state index in [9.17, 15) is 4.79 Å². The number of rotatable bonds is 4. The zero-order valence-corrected chi connectivity index (χ0v) is 11.1. The number of ether oxygens (including phenoxy) is 1. The van der Waals surface area contributed by atoms with Gasteiger partial charge in [-0.15, -0.1) is 0 Å². The van der Waals surface area contributed by atoms with E-state index in [-0.39, 0.29) is 17.5 Å². The van der Waals surface area contributed by atoms with Gasteiger partial charge < -0.3 is 10.1 Å². The lowest BCUT2D eigenvalue weighted by molar-refractivity contribution is -0.665. The molecule has 1 heterocycles. The molecule has 1 saturated heterocycles. The summed E-state index contributed by atoms with van der Waals surface area (Å²) in [5.74, 6) is 0.502. The third-order valence-electron chi connectivity index (χ3n) is 3.80. The lowest BCUT2D eigenvalue weighted by Crippen LogP contribution is -2.86. The molecule has 1 aliphatic rings. The molecule has 0 aromatic heterocycles. The Hall–Kier alpha value is -0.570. The van der Waals surface area contributed by atoms with Gasteiger partial charge in [-0.1, -0.05) is 13.8 Å². The van der Waals surface area contributed by atoms with Gasteiger partial charge in [0.2, 0.25) is 0 Å². The van der Waals surface area contributed by atoms with E-state index in [4.69, 9.17) is 4.74 Å². The second-order valence-corrected chi connectivity index (χ2v) is 5.47. The van der Waals surface area contributed by atoms with E-state index in [1.807, 2.05) is 13.8 Å². The maximum atomic E-state index is 11.8. The summed E-state index contributed by atoms with van der Waals surface area (Å²) < 4.78 is 5.68. The highest BCUT2D eigenvalue weighted by Gasteiger charge is 2.35. The highest BCUT2D eigenvalue weighted by Crippen LogP contribution is 2.28. The van der Waals surface area contributed by atoms with Crippen LogP contribution >= 0.6 is 0 Å². The predicted molar refractivity (Wildman–Crippen MR) is 64.0 cm³/mol. The third kappa shape index (κ3) is 3.48. The van der Waals surface area contributed by atoms with Crippen molar-refractivity contribution >= 4 is 5.97 Å². The van der Waals surface area contributed by atoms with Crippen LogP contribution in [0, 0.1) is 11.8 Å². The standard InChI is InChI=1S/C13H25NO2/c1-5-10(2)12(15)16-13(3,4)11-6-8-14-9-7-11/h10-11,14H,5-9H2,1-4H3/p+1. The Labute approximate surface area is 98.9 Å². The highest BCUT2D eigenvalue weighted by molar-refractivity contribution is 5.72. The summed E-state index contributed by atoms with van der Waals surface area (Å²) in [5.41, 5.74) is -0.297. The van der Waals surface area contributed by atoms with Gasteiger partial charge in [0.15, 0.2) is 0 Å². The third-order valence-corrected chi connectivity index (χ3v) is 3.80. The Bertz CT molecular complexity index is 232. The molecule has 1 atom stereocenters. The van der Waals surface area contributed by atoms with Crippen molar-refractivity contribution in [3.8, 4) is 0 Å². The number of nitrogens with two attached hydrogens (primary N) is 1. The van der Waals surface area contributed by atoms with Crippen molar-refractivity contribution in [2.75, 3.05) is 13.1 Å². The second-order valence-electron chi connectivity index (χ2n) is 5.47. The Morgan fingerprint density at radius 2 is 2.00 bits per heavy atom. The monoisotopic (exact) mass is 228 g/mol. The Morgan fingerprint density at radius 3 is 2.50 bits per heavy atom. The van der Waals surface area contributed by atoms with Gasteiger partial charge in [-0.25, -0.2) is 0 Å². The molecule has 0 aromatic rings. The first-order valence-corrected chi connectivity index (χ1v) is 6.52. The molecule has 0 bridgehead atoms. The van der Waals surface area contributed by atoms with Gasteiger partial charge in [-0.05, 0) is 20.3 Å². The SMILES string of the molecule is CCC(C)C(=O)OC(C)(C)C1CC[NH2+]CC1. The van der Waals surface area contributed by atoms with Gasteiger partial charge in [0.05, 0.1) is 19.0 Å². The van der Waals surface area contributed by atoms with Crippen molar-refractivity contribution in [2.24, 2.45) is 11.8 Å². The number of quaternary nitrogens is 1. The first-order chi connectivity index (χ1) is 7.47. The minimum Gasteiger partial charge on any atom is -0.459 e. The van der Waals surface area contributed by atoms with E-state index < -0.39 is 0 Å². The zero-order valence-electron chi connectivity index (χ0n) is 11.1. The van der Waals surface area contributed by atoms with Gasteiger partial charge in [0.1, 0.15) is 5.60 Å². The first kappa shape index (κ1) is 13.5. The molecule has 16 heavy (non-hydrogen) atoms. The summed E-state index contributed by atoms with van der Waals surface area (Å²) in [6.07, 6.45) is 3.16. The lowest BCUT2D eigenvalue weighted by Gasteiger charge is -2.36. The average Bonchev–Trinajstić information content (AvgIpc) is 2.28. The van der Waals surface area contributed by atoms with Crippen molar-refractivity contribution in [3.05, 3.63) is 0 Å². The first-order valence-electron chi connectivity index (χ1n) is 6.52. The van der Waals surface area contributed by atoms with Gasteiger partial charge in [0, 0.05) is 18.8 Å². The summed E-state index contributed by atoms with van der Waals surface area (Å²) in [6, 6.07) is 0. The summed E-state index contributed by atoms with van der Waals surface area (Å²) in [4.78, 5) is 11.8. The van der Waals surface area contributed by atoms with Crippen LogP contribution in [0.25, 0.3) is 0 Å². The van der Waals surface area contributed by atoms with Crippen molar-refractivity contribution in [2.45, 2.75) is 52.6 Å². The van der Waals surface area contributed by atoms with Gasteiger partial charge >= 0.3 is 5.97 Å². The van der Waals surface area contributed by atoms with Gasteiger partial charge in [-0.3, -0.25) is 4.79 Å². The van der Waals surface area contributed by atoms with E-state index in [1.54, 1.807) is 0 Å². The smallest absolute Gasteiger partial charge is 0.309 e. The number of carbonyl (C=O) groups excluding carboxylic acids is 1. The molecule has 0 saturated carbocycles. The zero-order chi connectivity index (χ0) is 12.2. The normalized spacial score (nSPS) is 20.5. The van der Waals surface area contributed by atoms with Gasteiger partial charge in [0.25, 0.3) is 0 Å². The summed E-state index contributed by atoms with van der Waals surface area (Å²) >= 11 is 0. The van der Waals surface area contributed by atoms with E-state index in [0.717, 1.165) is 32.4 Å². The van der Waals surface area contributed by atoms with Crippen LogP contribution in [0.4, 0.5) is 0 Å². The fourth-order valence-corrected chi connectivity index (χ4v) is 2.23. The molecule has 94 valence electrons. The summed E-state index contributed by atoms with van der Waals surface area (Å²) in [5, 5.41) is 2.34. The summed E-state index contributed by atoms with van der Waals surface area (Å²) in [6.45, 7) is 10.4. The lowest BCUT2D eigenvalue weighted by atomic mass is 9.83. The molecule has 0 radical (unpaired) electrons. The van der Waals surface area contributed by atoms with Crippen LogP contribution in [0.3, 0.4) is 0 Å². The van der Waals surface area contributed by atoms with E-state index >= 15 is 0 Å². The molecular weight excluding hydrogens is 202 g/mol. The fourth-order valence-electron chi connectivity index (χ4n) is 2.23. The topological polar surface area (TPSA) is 42.9 Å². The Morgan fingerprint density at radius 1 is 1.44 bits per heavy atom. The van der Waals surface area contributed by atoms with Gasteiger partial charge in [-0.2, -0.15) is 0 Å². The van der Waals surface area contributed by atoms with Crippen LogP contribution in [0.5, 0.6) is 0 Å². The van der Waals surface area contributed by atoms with Crippen LogP contribution in [0.2, 0.25) is 0 Å². The number of piperidine rings is 1. The minimum atomic E-state index is -0.297. The molecule has 3 nitrogen and oxygen atoms in total. The largest absolute Gasteiger partial charge is 0.459 e. The fraction of sp³-hybridized carbons (Fsp3) is 0.923. The molecule has 1 aliphatic heterocycles. The Balaban J connectivity index is 2.52. The summed E-state index contributed by atoms with van der Waals surface area (Å²) in [7, 11) is 0. The Kier molecular flexibility index (Phi) is 4.78. The van der Waals surface area contributed by atoms with Crippen molar-refractivity contribution in [3.63, 3.8) is 0 Å². The average molecular weight is 228 g/mol. The number of esters is 1. The quantitative estimate of drug-likeness (QED) is 0.738. The van der Waals surface area contributed by atoms with Crippen molar-refractivity contribution < 1.29 is 14.8 Å². The maximum Gasteiger partial charge on any atom is 0.309 e. The van der Waals surface area contributed by atoms with E-state index in [1.165, 1.54) is 0 Å². The van der Waals surface area contributed by atoms with Crippen LogP contribution in [-0.2, 0) is 9.53 Å². The maximum absolute atomic E-state index is 11.8. The number of carbonyl (C=O) groups is 1.